The molecule has 0 saturated heterocycles. The highest BCUT2D eigenvalue weighted by Gasteiger charge is 2.03. The molecule has 2 heteroatoms. The molecule has 2 aromatic carbocycles. The van der Waals surface area contributed by atoms with Crippen LogP contribution in [0.4, 0.5) is 0 Å². The molecule has 0 fully saturated rings. The Balaban J connectivity index is 2.03. The average molecular weight is 262 g/mol. The summed E-state index contributed by atoms with van der Waals surface area (Å²) in [6.45, 7) is 3.14. The molecule has 1 unspecified atom stereocenters. The molecule has 0 heterocycles. The van der Waals surface area contributed by atoms with E-state index in [9.17, 15) is 0 Å². The second-order valence-electron chi connectivity index (χ2n) is 4.75. The first-order chi connectivity index (χ1) is 8.81. The number of alkyl halides is 1. The number of hydrogen-bond acceptors (Lipinski definition) is 1. The standard InChI is InChI=1S/C16H20ClN/c1-13(6-5-11-17)18-12-15-9-4-8-14-7-2-3-10-16(14)15/h2-4,7-10,13,18H,5-6,11-12H2,1H3. The highest BCUT2D eigenvalue weighted by Crippen LogP contribution is 2.18. The Bertz CT molecular complexity index is 490. The minimum atomic E-state index is 0.516. The molecule has 1 nitrogen and oxygen atoms in total. The Morgan fingerprint density at radius 1 is 1.11 bits per heavy atom. The third kappa shape index (κ3) is 3.47. The van der Waals surface area contributed by atoms with E-state index >= 15 is 0 Å². The molecule has 0 saturated carbocycles. The van der Waals surface area contributed by atoms with Gasteiger partial charge in [0.05, 0.1) is 0 Å². The molecule has 0 aliphatic heterocycles. The molecule has 2 aromatic rings. The predicted octanol–water partition coefficient (Wildman–Crippen LogP) is 4.34. The van der Waals surface area contributed by atoms with Crippen LogP contribution in [0.5, 0.6) is 0 Å². The first kappa shape index (κ1) is 13.4. The molecule has 1 N–H and O–H groups in total. The van der Waals surface area contributed by atoms with E-state index in [-0.39, 0.29) is 0 Å². The van der Waals surface area contributed by atoms with Gasteiger partial charge in [-0.1, -0.05) is 42.5 Å². The van der Waals surface area contributed by atoms with Crippen LogP contribution >= 0.6 is 11.6 Å². The summed E-state index contributed by atoms with van der Waals surface area (Å²) in [5.74, 6) is 0.750. The SMILES string of the molecule is CC(CCCCl)NCc1cccc2ccccc12. The average Bonchev–Trinajstić information content (AvgIpc) is 2.42. The van der Waals surface area contributed by atoms with Crippen molar-refractivity contribution in [3.8, 4) is 0 Å². The third-order valence-corrected chi connectivity index (χ3v) is 3.56. The lowest BCUT2D eigenvalue weighted by atomic mass is 10.0. The fourth-order valence-electron chi connectivity index (χ4n) is 2.22. The maximum Gasteiger partial charge on any atom is 0.0224 e. The Morgan fingerprint density at radius 2 is 1.89 bits per heavy atom. The minimum absolute atomic E-state index is 0.516. The molecule has 2 rings (SSSR count). The molecule has 18 heavy (non-hydrogen) atoms. The van der Waals surface area contributed by atoms with Crippen LogP contribution in [-0.4, -0.2) is 11.9 Å². The zero-order valence-corrected chi connectivity index (χ0v) is 11.6. The minimum Gasteiger partial charge on any atom is -0.310 e. The lowest BCUT2D eigenvalue weighted by Gasteiger charge is -2.14. The van der Waals surface area contributed by atoms with Gasteiger partial charge in [-0.15, -0.1) is 11.6 Å². The van der Waals surface area contributed by atoms with Crippen LogP contribution in [0.2, 0.25) is 0 Å². The predicted molar refractivity (Wildman–Crippen MR) is 80.2 cm³/mol. The van der Waals surface area contributed by atoms with Gasteiger partial charge in [-0.2, -0.15) is 0 Å². The van der Waals surface area contributed by atoms with Crippen molar-refractivity contribution in [2.24, 2.45) is 0 Å². The zero-order chi connectivity index (χ0) is 12.8. The van der Waals surface area contributed by atoms with E-state index in [1.54, 1.807) is 0 Å². The van der Waals surface area contributed by atoms with Crippen molar-refractivity contribution in [3.05, 3.63) is 48.0 Å². The molecule has 0 bridgehead atoms. The van der Waals surface area contributed by atoms with Gasteiger partial charge in [-0.3, -0.25) is 0 Å². The van der Waals surface area contributed by atoms with E-state index in [4.69, 9.17) is 11.6 Å². The lowest BCUT2D eigenvalue weighted by molar-refractivity contribution is 0.510. The Hall–Kier alpha value is -1.05. The monoisotopic (exact) mass is 261 g/mol. The van der Waals surface area contributed by atoms with Gasteiger partial charge < -0.3 is 5.32 Å². The van der Waals surface area contributed by atoms with Crippen molar-refractivity contribution >= 4 is 22.4 Å². The lowest BCUT2D eigenvalue weighted by Crippen LogP contribution is -2.25. The maximum atomic E-state index is 5.71. The fraction of sp³-hybridized carbons (Fsp3) is 0.375. The van der Waals surface area contributed by atoms with Gasteiger partial charge in [-0.25, -0.2) is 0 Å². The van der Waals surface area contributed by atoms with Gasteiger partial charge in [0.25, 0.3) is 0 Å². The quantitative estimate of drug-likeness (QED) is 0.763. The molecule has 0 aromatic heterocycles. The number of halogens is 1. The number of rotatable bonds is 6. The molecule has 96 valence electrons. The maximum absolute atomic E-state index is 5.71. The highest BCUT2D eigenvalue weighted by molar-refractivity contribution is 6.17. The first-order valence-electron chi connectivity index (χ1n) is 6.57. The Morgan fingerprint density at radius 3 is 2.72 bits per heavy atom. The number of benzene rings is 2. The van der Waals surface area contributed by atoms with Gasteiger partial charge >= 0.3 is 0 Å². The van der Waals surface area contributed by atoms with Gasteiger partial charge in [0.1, 0.15) is 0 Å². The van der Waals surface area contributed by atoms with Crippen LogP contribution in [0.1, 0.15) is 25.3 Å². The third-order valence-electron chi connectivity index (χ3n) is 3.29. The summed E-state index contributed by atoms with van der Waals surface area (Å²) in [5, 5.41) is 6.22. The van der Waals surface area contributed by atoms with Crippen molar-refractivity contribution in [2.75, 3.05) is 5.88 Å². The Kier molecular flexibility index (Phi) is 5.03. The molecule has 0 aliphatic rings. The topological polar surface area (TPSA) is 12.0 Å². The summed E-state index contributed by atoms with van der Waals surface area (Å²) >= 11 is 5.71. The van der Waals surface area contributed by atoms with Crippen LogP contribution in [0.3, 0.4) is 0 Å². The molecule has 0 spiro atoms. The number of hydrogen-bond donors (Lipinski definition) is 1. The van der Waals surface area contributed by atoms with Crippen LogP contribution in [0, 0.1) is 0 Å². The molecule has 1 atom stereocenters. The molecular weight excluding hydrogens is 242 g/mol. The smallest absolute Gasteiger partial charge is 0.0224 e. The van der Waals surface area contributed by atoms with E-state index < -0.39 is 0 Å². The summed E-state index contributed by atoms with van der Waals surface area (Å²) < 4.78 is 0. The number of fused-ring (bicyclic) bond motifs is 1. The van der Waals surface area contributed by atoms with Gasteiger partial charge in [-0.05, 0) is 36.1 Å². The molecule has 0 aliphatic carbocycles. The largest absolute Gasteiger partial charge is 0.310 e. The molecular formula is C16H20ClN. The molecule has 0 amide bonds. The number of nitrogens with one attached hydrogen (secondary N) is 1. The zero-order valence-electron chi connectivity index (χ0n) is 10.8. The van der Waals surface area contributed by atoms with Crippen molar-refractivity contribution in [3.63, 3.8) is 0 Å². The second kappa shape index (κ2) is 6.77. The van der Waals surface area contributed by atoms with E-state index in [0.29, 0.717) is 6.04 Å². The summed E-state index contributed by atoms with van der Waals surface area (Å²) in [6.07, 6.45) is 2.21. The van der Waals surface area contributed by atoms with E-state index in [1.807, 2.05) is 0 Å². The van der Waals surface area contributed by atoms with Crippen LogP contribution in [-0.2, 0) is 6.54 Å². The Labute approximate surface area is 114 Å². The summed E-state index contributed by atoms with van der Waals surface area (Å²) in [6, 6.07) is 15.5. The van der Waals surface area contributed by atoms with Crippen LogP contribution < -0.4 is 5.32 Å². The van der Waals surface area contributed by atoms with Gasteiger partial charge in [0.15, 0.2) is 0 Å². The van der Waals surface area contributed by atoms with E-state index in [0.717, 1.165) is 25.3 Å². The highest BCUT2D eigenvalue weighted by atomic mass is 35.5. The van der Waals surface area contributed by atoms with Gasteiger partial charge in [0.2, 0.25) is 0 Å². The van der Waals surface area contributed by atoms with Crippen LogP contribution in [0.25, 0.3) is 10.8 Å². The van der Waals surface area contributed by atoms with Crippen molar-refractivity contribution < 1.29 is 0 Å². The van der Waals surface area contributed by atoms with E-state index in [2.05, 4.69) is 54.7 Å². The normalized spacial score (nSPS) is 12.8. The summed E-state index contributed by atoms with van der Waals surface area (Å²) in [7, 11) is 0. The molecule has 0 radical (unpaired) electrons. The summed E-state index contributed by atoms with van der Waals surface area (Å²) in [4.78, 5) is 0. The van der Waals surface area contributed by atoms with Crippen LogP contribution in [0.15, 0.2) is 42.5 Å². The van der Waals surface area contributed by atoms with Gasteiger partial charge in [0, 0.05) is 18.5 Å². The van der Waals surface area contributed by atoms with E-state index in [1.165, 1.54) is 16.3 Å². The first-order valence-corrected chi connectivity index (χ1v) is 7.10. The van der Waals surface area contributed by atoms with Crippen molar-refractivity contribution in [1.29, 1.82) is 0 Å². The fourth-order valence-corrected chi connectivity index (χ4v) is 2.37. The summed E-state index contributed by atoms with van der Waals surface area (Å²) in [5.41, 5.74) is 1.37. The van der Waals surface area contributed by atoms with Crippen molar-refractivity contribution in [2.45, 2.75) is 32.4 Å². The van der Waals surface area contributed by atoms with Crippen molar-refractivity contribution in [1.82, 2.24) is 5.32 Å². The second-order valence-corrected chi connectivity index (χ2v) is 5.13.